The quantitative estimate of drug-likeness (QED) is 0.804. The zero-order chi connectivity index (χ0) is 11.0. The van der Waals surface area contributed by atoms with Crippen LogP contribution in [0, 0.1) is 6.92 Å². The fourth-order valence-electron chi connectivity index (χ4n) is 1.38. The predicted octanol–water partition coefficient (Wildman–Crippen LogP) is 2.29. The average Bonchev–Trinajstić information content (AvgIpc) is 2.19. The van der Waals surface area contributed by atoms with Crippen LogP contribution in [0.1, 0.15) is 16.1 Å². The number of aromatic nitrogens is 2. The number of aryl methyl sites for hydroxylation is 1. The van der Waals surface area contributed by atoms with Crippen LogP contribution in [-0.2, 0) is 0 Å². The zero-order valence-corrected chi connectivity index (χ0v) is 8.62. The second kappa shape index (κ2) is 3.47. The minimum Gasteiger partial charge on any atom is -0.476 e. The van der Waals surface area contributed by atoms with Gasteiger partial charge in [-0.25, -0.2) is 4.79 Å². The molecule has 0 aliphatic rings. The number of carboxylic acids is 1. The first-order valence-corrected chi connectivity index (χ1v) is 4.64. The first-order valence-electron chi connectivity index (χ1n) is 4.26. The van der Waals surface area contributed by atoms with Crippen LogP contribution in [0.25, 0.3) is 10.9 Å². The van der Waals surface area contributed by atoms with Gasteiger partial charge >= 0.3 is 5.97 Å². The number of benzene rings is 1. The Balaban J connectivity index is 2.86. The summed E-state index contributed by atoms with van der Waals surface area (Å²) >= 11 is 5.93. The third-order valence-corrected chi connectivity index (χ3v) is 2.52. The van der Waals surface area contributed by atoms with Crippen LogP contribution in [0.4, 0.5) is 0 Å². The van der Waals surface area contributed by atoms with E-state index in [1.807, 2.05) is 13.0 Å². The van der Waals surface area contributed by atoms with Crippen LogP contribution in [0.15, 0.2) is 18.2 Å². The van der Waals surface area contributed by atoms with E-state index in [0.717, 1.165) is 5.56 Å². The SMILES string of the molecule is Cc1cccc2c(Cl)c(C(=O)O)nnc12. The van der Waals surface area contributed by atoms with Gasteiger partial charge in [-0.15, -0.1) is 10.2 Å². The largest absolute Gasteiger partial charge is 0.476 e. The maximum atomic E-state index is 10.8. The number of nitrogens with zero attached hydrogens (tertiary/aromatic N) is 2. The maximum absolute atomic E-state index is 10.8. The third kappa shape index (κ3) is 1.53. The number of halogens is 1. The van der Waals surface area contributed by atoms with E-state index in [2.05, 4.69) is 10.2 Å². The van der Waals surface area contributed by atoms with Gasteiger partial charge < -0.3 is 5.11 Å². The summed E-state index contributed by atoms with van der Waals surface area (Å²) < 4.78 is 0. The Kier molecular flexibility index (Phi) is 2.28. The number of carbonyl (C=O) groups is 1. The second-order valence-corrected chi connectivity index (χ2v) is 3.52. The minimum atomic E-state index is -1.17. The Morgan fingerprint density at radius 3 is 2.80 bits per heavy atom. The summed E-state index contributed by atoms with van der Waals surface area (Å²) in [6.07, 6.45) is 0. The standard InChI is InChI=1S/C10H7ClN2O2/c1-5-3-2-4-6-7(11)9(10(14)15)13-12-8(5)6/h2-4H,1H3,(H,14,15). The molecule has 76 valence electrons. The summed E-state index contributed by atoms with van der Waals surface area (Å²) in [4.78, 5) is 10.8. The van der Waals surface area contributed by atoms with Crippen molar-refractivity contribution in [2.45, 2.75) is 6.92 Å². The van der Waals surface area contributed by atoms with Gasteiger partial charge in [0.1, 0.15) is 0 Å². The Morgan fingerprint density at radius 1 is 1.40 bits per heavy atom. The number of carboxylic acid groups (broad SMARTS) is 1. The summed E-state index contributed by atoms with van der Waals surface area (Å²) in [5.74, 6) is -1.17. The van der Waals surface area contributed by atoms with Gasteiger partial charge in [-0.05, 0) is 12.5 Å². The molecule has 0 aliphatic carbocycles. The van der Waals surface area contributed by atoms with Crippen LogP contribution in [0.2, 0.25) is 5.02 Å². The van der Waals surface area contributed by atoms with Crippen LogP contribution in [0.3, 0.4) is 0 Å². The van der Waals surface area contributed by atoms with Crippen LogP contribution < -0.4 is 0 Å². The molecule has 1 heterocycles. The summed E-state index contributed by atoms with van der Waals surface area (Å²) in [6.45, 7) is 1.87. The van der Waals surface area contributed by atoms with Gasteiger partial charge in [-0.2, -0.15) is 0 Å². The molecule has 0 saturated heterocycles. The Hall–Kier alpha value is -1.68. The molecule has 4 nitrogen and oxygen atoms in total. The lowest BCUT2D eigenvalue weighted by Crippen LogP contribution is -2.04. The minimum absolute atomic E-state index is 0.135. The van der Waals surface area contributed by atoms with Gasteiger partial charge in [-0.3, -0.25) is 0 Å². The lowest BCUT2D eigenvalue weighted by Gasteiger charge is -2.03. The fraction of sp³-hybridized carbons (Fsp3) is 0.100. The van der Waals surface area contributed by atoms with Crippen molar-refractivity contribution < 1.29 is 9.90 Å². The highest BCUT2D eigenvalue weighted by atomic mass is 35.5. The molecular formula is C10H7ClN2O2. The summed E-state index contributed by atoms with van der Waals surface area (Å²) in [7, 11) is 0. The molecule has 0 saturated carbocycles. The summed E-state index contributed by atoms with van der Waals surface area (Å²) in [5.41, 5.74) is 1.33. The monoisotopic (exact) mass is 222 g/mol. The van der Waals surface area contributed by atoms with Gasteiger partial charge in [0.15, 0.2) is 5.69 Å². The number of hydrogen-bond acceptors (Lipinski definition) is 3. The highest BCUT2D eigenvalue weighted by molar-refractivity contribution is 6.37. The van der Waals surface area contributed by atoms with Gasteiger partial charge in [0.2, 0.25) is 0 Å². The van der Waals surface area contributed by atoms with Crippen molar-refractivity contribution in [3.63, 3.8) is 0 Å². The van der Waals surface area contributed by atoms with Crippen molar-refractivity contribution >= 4 is 28.5 Å². The fourth-order valence-corrected chi connectivity index (χ4v) is 1.65. The van der Waals surface area contributed by atoms with E-state index in [4.69, 9.17) is 16.7 Å². The van der Waals surface area contributed by atoms with E-state index in [9.17, 15) is 4.79 Å². The molecule has 0 radical (unpaired) electrons. The van der Waals surface area contributed by atoms with Crippen LogP contribution in [0.5, 0.6) is 0 Å². The van der Waals surface area contributed by atoms with Crippen molar-refractivity contribution in [1.82, 2.24) is 10.2 Å². The molecule has 0 amide bonds. The molecular weight excluding hydrogens is 216 g/mol. The molecule has 15 heavy (non-hydrogen) atoms. The van der Waals surface area contributed by atoms with E-state index >= 15 is 0 Å². The van der Waals surface area contributed by atoms with Gasteiger partial charge in [0, 0.05) is 5.39 Å². The highest BCUT2D eigenvalue weighted by Crippen LogP contribution is 2.25. The zero-order valence-electron chi connectivity index (χ0n) is 7.86. The first-order chi connectivity index (χ1) is 7.11. The van der Waals surface area contributed by atoms with Crippen molar-refractivity contribution in [2.24, 2.45) is 0 Å². The molecule has 0 atom stereocenters. The molecule has 0 bridgehead atoms. The van der Waals surface area contributed by atoms with E-state index in [-0.39, 0.29) is 10.7 Å². The van der Waals surface area contributed by atoms with Gasteiger partial charge in [0.05, 0.1) is 10.5 Å². The number of aromatic carboxylic acids is 1. The van der Waals surface area contributed by atoms with E-state index in [1.54, 1.807) is 12.1 Å². The molecule has 0 aliphatic heterocycles. The van der Waals surface area contributed by atoms with Gasteiger partial charge in [-0.1, -0.05) is 29.8 Å². The van der Waals surface area contributed by atoms with Crippen LogP contribution >= 0.6 is 11.6 Å². The van der Waals surface area contributed by atoms with E-state index in [0.29, 0.717) is 10.9 Å². The molecule has 0 spiro atoms. The topological polar surface area (TPSA) is 63.1 Å². The van der Waals surface area contributed by atoms with Gasteiger partial charge in [0.25, 0.3) is 0 Å². The van der Waals surface area contributed by atoms with Crippen molar-refractivity contribution in [2.75, 3.05) is 0 Å². The molecule has 1 N–H and O–H groups in total. The lowest BCUT2D eigenvalue weighted by molar-refractivity contribution is 0.0689. The molecule has 5 heteroatoms. The lowest BCUT2D eigenvalue weighted by atomic mass is 10.1. The molecule has 1 aromatic carbocycles. The van der Waals surface area contributed by atoms with Crippen molar-refractivity contribution in [3.05, 3.63) is 34.5 Å². The maximum Gasteiger partial charge on any atom is 0.358 e. The van der Waals surface area contributed by atoms with E-state index < -0.39 is 5.97 Å². The molecule has 0 unspecified atom stereocenters. The van der Waals surface area contributed by atoms with Crippen molar-refractivity contribution in [1.29, 1.82) is 0 Å². The van der Waals surface area contributed by atoms with E-state index in [1.165, 1.54) is 0 Å². The Bertz CT molecular complexity index is 554. The first kappa shape index (κ1) is 9.86. The molecule has 2 aromatic rings. The number of fused-ring (bicyclic) bond motifs is 1. The summed E-state index contributed by atoms with van der Waals surface area (Å²) in [5, 5.41) is 17.0. The van der Waals surface area contributed by atoms with Crippen molar-refractivity contribution in [3.8, 4) is 0 Å². The summed E-state index contributed by atoms with van der Waals surface area (Å²) in [6, 6.07) is 5.40. The Morgan fingerprint density at radius 2 is 2.13 bits per heavy atom. The Labute approximate surface area is 90.5 Å². The second-order valence-electron chi connectivity index (χ2n) is 3.14. The smallest absolute Gasteiger partial charge is 0.358 e. The number of hydrogen-bond donors (Lipinski definition) is 1. The normalized spacial score (nSPS) is 10.5. The highest BCUT2D eigenvalue weighted by Gasteiger charge is 2.15. The third-order valence-electron chi connectivity index (χ3n) is 2.13. The molecule has 1 aromatic heterocycles. The molecule has 2 rings (SSSR count). The molecule has 0 fully saturated rings. The number of rotatable bonds is 1. The van der Waals surface area contributed by atoms with Crippen LogP contribution in [-0.4, -0.2) is 21.3 Å². The predicted molar refractivity (Wildman–Crippen MR) is 56.2 cm³/mol. The average molecular weight is 223 g/mol.